The predicted octanol–water partition coefficient (Wildman–Crippen LogP) is 0.890. The predicted molar refractivity (Wildman–Crippen MR) is 68.2 cm³/mol. The van der Waals surface area contributed by atoms with E-state index in [2.05, 4.69) is 0 Å². The Bertz CT molecular complexity index is 341. The molecule has 19 heavy (non-hydrogen) atoms. The van der Waals surface area contributed by atoms with Gasteiger partial charge in [0.1, 0.15) is 0 Å². The van der Waals surface area contributed by atoms with Crippen LogP contribution >= 0.6 is 0 Å². The number of esters is 2. The lowest BCUT2D eigenvalue weighted by Gasteiger charge is -2.15. The third-order valence-electron chi connectivity index (χ3n) is 2.68. The molecule has 6 nitrogen and oxygen atoms in total. The van der Waals surface area contributed by atoms with E-state index in [1.54, 1.807) is 26.8 Å². The second kappa shape index (κ2) is 7.30. The van der Waals surface area contributed by atoms with Crippen molar-refractivity contribution in [1.29, 1.82) is 0 Å². The Labute approximate surface area is 113 Å². The van der Waals surface area contributed by atoms with Crippen LogP contribution < -0.4 is 0 Å². The smallest absolute Gasteiger partial charge is 0.464 e. The molecule has 0 aromatic carbocycles. The van der Waals surface area contributed by atoms with Crippen LogP contribution in [0, 0.1) is 0 Å². The van der Waals surface area contributed by atoms with Crippen LogP contribution in [0.3, 0.4) is 0 Å². The van der Waals surface area contributed by atoms with Crippen molar-refractivity contribution in [3.05, 3.63) is 11.5 Å². The highest BCUT2D eigenvalue weighted by atomic mass is 16.7. The van der Waals surface area contributed by atoms with Crippen LogP contribution in [-0.2, 0) is 28.4 Å². The maximum absolute atomic E-state index is 11.8. The first kappa shape index (κ1) is 15.7. The average molecular weight is 270 g/mol. The summed E-state index contributed by atoms with van der Waals surface area (Å²) in [5.41, 5.74) is 0.779. The third-order valence-corrected chi connectivity index (χ3v) is 2.68. The van der Waals surface area contributed by atoms with Crippen molar-refractivity contribution < 1.29 is 28.4 Å². The summed E-state index contributed by atoms with van der Waals surface area (Å²) in [6, 6.07) is 0. The summed E-state index contributed by atoms with van der Waals surface area (Å²) in [7, 11) is -0.728. The molecule has 1 heterocycles. The first-order chi connectivity index (χ1) is 9.04. The fourth-order valence-electron chi connectivity index (χ4n) is 1.60. The lowest BCUT2D eigenvalue weighted by molar-refractivity contribution is -0.163. The molecule has 0 amide bonds. The maximum atomic E-state index is 11.8. The average Bonchev–Trinajstić information content (AvgIpc) is 2.83. The third kappa shape index (κ3) is 3.81. The highest BCUT2D eigenvalue weighted by Crippen LogP contribution is 2.23. The van der Waals surface area contributed by atoms with Crippen molar-refractivity contribution in [1.82, 2.24) is 0 Å². The monoisotopic (exact) mass is 270 g/mol. The van der Waals surface area contributed by atoms with E-state index in [1.165, 1.54) is 0 Å². The fraction of sp³-hybridized carbons (Fsp3) is 0.667. The van der Waals surface area contributed by atoms with Gasteiger partial charge < -0.3 is 18.8 Å². The number of carbonyl (C=O) groups is 2. The van der Waals surface area contributed by atoms with E-state index < -0.39 is 31.3 Å². The molecule has 0 bridgehead atoms. The molecule has 0 radical (unpaired) electrons. The molecule has 0 aromatic heterocycles. The van der Waals surface area contributed by atoms with E-state index in [-0.39, 0.29) is 13.2 Å². The Morgan fingerprint density at radius 1 is 1.11 bits per heavy atom. The molecule has 1 fully saturated rings. The van der Waals surface area contributed by atoms with Gasteiger partial charge in [0, 0.05) is 0 Å². The van der Waals surface area contributed by atoms with E-state index in [4.69, 9.17) is 18.8 Å². The molecule has 1 aliphatic heterocycles. The quantitative estimate of drug-likeness (QED) is 0.545. The van der Waals surface area contributed by atoms with Crippen molar-refractivity contribution in [2.45, 2.75) is 39.9 Å². The summed E-state index contributed by atoms with van der Waals surface area (Å²) >= 11 is 0. The molecule has 1 aliphatic rings. The highest BCUT2D eigenvalue weighted by molar-refractivity contribution is 6.54. The van der Waals surface area contributed by atoms with Crippen molar-refractivity contribution in [2.75, 3.05) is 13.2 Å². The Morgan fingerprint density at radius 2 is 1.53 bits per heavy atom. The minimum atomic E-state index is -1.08. The Morgan fingerprint density at radius 3 is 1.84 bits per heavy atom. The highest BCUT2D eigenvalue weighted by Gasteiger charge is 2.49. The molecule has 0 unspecified atom stereocenters. The van der Waals surface area contributed by atoms with Crippen LogP contribution in [-0.4, -0.2) is 44.5 Å². The first-order valence-corrected chi connectivity index (χ1v) is 6.32. The van der Waals surface area contributed by atoms with Crippen molar-refractivity contribution in [3.63, 3.8) is 0 Å². The number of ether oxygens (including phenoxy) is 2. The van der Waals surface area contributed by atoms with Gasteiger partial charge in [0.2, 0.25) is 0 Å². The topological polar surface area (TPSA) is 71.1 Å². The second-order valence-electron chi connectivity index (χ2n) is 3.98. The zero-order valence-electron chi connectivity index (χ0n) is 11.7. The minimum Gasteiger partial charge on any atom is -0.464 e. The maximum Gasteiger partial charge on any atom is 0.490 e. The zero-order chi connectivity index (χ0) is 14.4. The van der Waals surface area contributed by atoms with E-state index >= 15 is 0 Å². The normalized spacial score (nSPS) is 23.4. The number of hydrogen-bond donors (Lipinski definition) is 0. The van der Waals surface area contributed by atoms with Crippen LogP contribution in [0.15, 0.2) is 11.5 Å². The Kier molecular flexibility index (Phi) is 6.04. The van der Waals surface area contributed by atoms with E-state index in [0.717, 1.165) is 5.47 Å². The minimum absolute atomic E-state index is 0.210. The summed E-state index contributed by atoms with van der Waals surface area (Å²) in [5.74, 6) is -1.24. The number of rotatable bonds is 5. The van der Waals surface area contributed by atoms with Gasteiger partial charge in [-0.25, -0.2) is 9.59 Å². The Balaban J connectivity index is 2.84. The molecule has 7 heteroatoms. The Hall–Kier alpha value is -1.34. The standard InChI is InChI=1S/C12H19BO6/c1-5-8(4)13-18-9(11(14)16-6-2)10(19-13)12(15)17-7-3/h5,9-10H,6-7H2,1-4H3/b8-5+/t9-,10-/m1/s1. The van der Waals surface area contributed by atoms with Gasteiger partial charge in [-0.2, -0.15) is 0 Å². The van der Waals surface area contributed by atoms with Crippen LogP contribution in [0.4, 0.5) is 0 Å². The van der Waals surface area contributed by atoms with E-state index in [9.17, 15) is 9.59 Å². The largest absolute Gasteiger partial charge is 0.490 e. The molecule has 2 atom stereocenters. The summed E-state index contributed by atoms with van der Waals surface area (Å²) in [5, 5.41) is 0. The molecular formula is C12H19BO6. The fourth-order valence-corrected chi connectivity index (χ4v) is 1.60. The molecule has 0 aromatic rings. The SMILES string of the molecule is C/C=C(\C)B1O[C@@H](C(=O)OCC)[C@H](C(=O)OCC)O1. The van der Waals surface area contributed by atoms with Gasteiger partial charge in [-0.15, -0.1) is 0 Å². The lowest BCUT2D eigenvalue weighted by Crippen LogP contribution is -2.39. The van der Waals surface area contributed by atoms with E-state index in [0.29, 0.717) is 0 Å². The molecular weight excluding hydrogens is 251 g/mol. The van der Waals surface area contributed by atoms with Gasteiger partial charge in [-0.1, -0.05) is 6.08 Å². The second-order valence-corrected chi connectivity index (χ2v) is 3.98. The lowest BCUT2D eigenvalue weighted by atomic mass is 9.80. The molecule has 0 N–H and O–H groups in total. The molecule has 106 valence electrons. The van der Waals surface area contributed by atoms with Gasteiger partial charge in [0.15, 0.2) is 12.2 Å². The summed E-state index contributed by atoms with van der Waals surface area (Å²) < 4.78 is 20.6. The molecule has 1 rings (SSSR count). The van der Waals surface area contributed by atoms with Gasteiger partial charge in [-0.05, 0) is 33.2 Å². The molecule has 1 saturated heterocycles. The molecule has 0 spiro atoms. The van der Waals surface area contributed by atoms with Crippen molar-refractivity contribution in [3.8, 4) is 0 Å². The van der Waals surface area contributed by atoms with Crippen LogP contribution in [0.2, 0.25) is 0 Å². The molecule has 0 aliphatic carbocycles. The van der Waals surface area contributed by atoms with E-state index in [1.807, 2.05) is 6.92 Å². The first-order valence-electron chi connectivity index (χ1n) is 6.32. The van der Waals surface area contributed by atoms with Crippen LogP contribution in [0.25, 0.3) is 0 Å². The van der Waals surface area contributed by atoms with Gasteiger partial charge >= 0.3 is 19.1 Å². The molecule has 0 saturated carbocycles. The van der Waals surface area contributed by atoms with Crippen LogP contribution in [0.1, 0.15) is 27.7 Å². The van der Waals surface area contributed by atoms with Crippen molar-refractivity contribution >= 4 is 19.1 Å². The van der Waals surface area contributed by atoms with Crippen LogP contribution in [0.5, 0.6) is 0 Å². The number of hydrogen-bond acceptors (Lipinski definition) is 6. The number of carbonyl (C=O) groups excluding carboxylic acids is 2. The van der Waals surface area contributed by atoms with Gasteiger partial charge in [0.05, 0.1) is 13.2 Å². The summed E-state index contributed by atoms with van der Waals surface area (Å²) in [6.45, 7) is 7.39. The van der Waals surface area contributed by atoms with Crippen molar-refractivity contribution in [2.24, 2.45) is 0 Å². The zero-order valence-corrected chi connectivity index (χ0v) is 11.7. The summed E-state index contributed by atoms with van der Waals surface area (Å²) in [6.07, 6.45) is -0.377. The summed E-state index contributed by atoms with van der Waals surface area (Å²) in [4.78, 5) is 23.5. The number of allylic oxidation sites excluding steroid dienone is 2. The van der Waals surface area contributed by atoms with Gasteiger partial charge in [0.25, 0.3) is 0 Å². The van der Waals surface area contributed by atoms with Gasteiger partial charge in [-0.3, -0.25) is 0 Å².